The average molecular weight is 502 g/mol. The molecule has 0 aromatic heterocycles. The summed E-state index contributed by atoms with van der Waals surface area (Å²) in [6, 6.07) is 20.6. The maximum atomic E-state index is 12.8. The van der Waals surface area contributed by atoms with Crippen molar-refractivity contribution in [1.29, 1.82) is 0 Å². The highest BCUT2D eigenvalue weighted by Crippen LogP contribution is 2.36. The molecule has 3 rings (SSSR count). The lowest BCUT2D eigenvalue weighted by molar-refractivity contribution is -0.115. The van der Waals surface area contributed by atoms with Crippen molar-refractivity contribution in [3.8, 4) is 11.5 Å². The van der Waals surface area contributed by atoms with E-state index in [0.717, 1.165) is 16.3 Å². The number of ether oxygens (including phenoxy) is 2. The van der Waals surface area contributed by atoms with Crippen molar-refractivity contribution >= 4 is 63.7 Å². The zero-order chi connectivity index (χ0) is 23.8. The number of carbonyl (C=O) groups excluding carboxylic acids is 1. The summed E-state index contributed by atoms with van der Waals surface area (Å²) in [7, 11) is 3.04. The Labute approximate surface area is 208 Å². The van der Waals surface area contributed by atoms with Crippen LogP contribution in [0.25, 0.3) is 0 Å². The van der Waals surface area contributed by atoms with Crippen molar-refractivity contribution in [1.82, 2.24) is 0 Å². The standard InChI is InChI=1S/C24H24ClN3O3S2/c1-15(23(29)28-20-13-19(25)21(30-2)14-22(20)31-3)33-18-11-7-10-17(12-18)27-24(32)26-16-8-5-4-6-9-16/h4-15H,1-3H3,(H,28,29)(H2,26,27,32). The molecule has 0 fully saturated rings. The summed E-state index contributed by atoms with van der Waals surface area (Å²) in [5, 5.41) is 9.67. The van der Waals surface area contributed by atoms with E-state index in [0.29, 0.717) is 27.3 Å². The first-order valence-corrected chi connectivity index (χ1v) is 11.7. The predicted octanol–water partition coefficient (Wildman–Crippen LogP) is 6.29. The molecule has 0 aliphatic heterocycles. The van der Waals surface area contributed by atoms with Crippen LogP contribution in [0.5, 0.6) is 11.5 Å². The van der Waals surface area contributed by atoms with Gasteiger partial charge < -0.3 is 25.4 Å². The number of hydrogen-bond donors (Lipinski definition) is 3. The number of anilines is 3. The zero-order valence-electron chi connectivity index (χ0n) is 18.3. The van der Waals surface area contributed by atoms with Crippen molar-refractivity contribution < 1.29 is 14.3 Å². The van der Waals surface area contributed by atoms with E-state index in [9.17, 15) is 4.79 Å². The van der Waals surface area contributed by atoms with E-state index in [4.69, 9.17) is 33.3 Å². The molecule has 9 heteroatoms. The van der Waals surface area contributed by atoms with Crippen LogP contribution in [0.15, 0.2) is 71.6 Å². The van der Waals surface area contributed by atoms with E-state index < -0.39 is 0 Å². The summed E-state index contributed by atoms with van der Waals surface area (Å²) >= 11 is 13.0. The van der Waals surface area contributed by atoms with Gasteiger partial charge >= 0.3 is 0 Å². The molecule has 1 amide bonds. The Morgan fingerprint density at radius 2 is 1.58 bits per heavy atom. The number of halogens is 1. The highest BCUT2D eigenvalue weighted by atomic mass is 35.5. The smallest absolute Gasteiger partial charge is 0.237 e. The Morgan fingerprint density at radius 3 is 2.27 bits per heavy atom. The fourth-order valence-corrected chi connectivity index (χ4v) is 4.31. The van der Waals surface area contributed by atoms with Crippen molar-refractivity contribution in [3.63, 3.8) is 0 Å². The van der Waals surface area contributed by atoms with Crippen LogP contribution in [0.4, 0.5) is 17.1 Å². The second-order valence-electron chi connectivity index (χ2n) is 6.91. The van der Waals surface area contributed by atoms with Gasteiger partial charge in [-0.2, -0.15) is 0 Å². The van der Waals surface area contributed by atoms with Gasteiger partial charge in [0.25, 0.3) is 0 Å². The minimum atomic E-state index is -0.375. The third kappa shape index (κ3) is 7.02. The number of thioether (sulfide) groups is 1. The van der Waals surface area contributed by atoms with Gasteiger partial charge in [0, 0.05) is 22.3 Å². The summed E-state index contributed by atoms with van der Waals surface area (Å²) < 4.78 is 10.5. The SMILES string of the molecule is COc1cc(OC)c(NC(=O)C(C)Sc2cccc(NC(=S)Nc3ccccc3)c2)cc1Cl. The van der Waals surface area contributed by atoms with Crippen molar-refractivity contribution in [2.24, 2.45) is 0 Å². The fourth-order valence-electron chi connectivity index (χ4n) is 2.91. The lowest BCUT2D eigenvalue weighted by Gasteiger charge is -2.16. The summed E-state index contributed by atoms with van der Waals surface area (Å²) in [6.07, 6.45) is 0. The normalized spacial score (nSPS) is 11.3. The second kappa shape index (κ2) is 11.8. The summed E-state index contributed by atoms with van der Waals surface area (Å²) in [4.78, 5) is 13.7. The van der Waals surface area contributed by atoms with E-state index in [-0.39, 0.29) is 11.2 Å². The van der Waals surface area contributed by atoms with Crippen LogP contribution in [-0.2, 0) is 4.79 Å². The molecule has 172 valence electrons. The van der Waals surface area contributed by atoms with Gasteiger partial charge in [-0.1, -0.05) is 35.9 Å². The first-order valence-electron chi connectivity index (χ1n) is 10.0. The number of thiocarbonyl (C=S) groups is 1. The molecule has 0 bridgehead atoms. The van der Waals surface area contributed by atoms with Crippen LogP contribution in [0.3, 0.4) is 0 Å². The number of benzene rings is 3. The van der Waals surface area contributed by atoms with Gasteiger partial charge in [0.1, 0.15) is 11.5 Å². The molecule has 6 nitrogen and oxygen atoms in total. The number of nitrogens with one attached hydrogen (secondary N) is 3. The van der Waals surface area contributed by atoms with Crippen molar-refractivity contribution in [2.75, 3.05) is 30.2 Å². The molecule has 0 saturated heterocycles. The fraction of sp³-hybridized carbons (Fsp3) is 0.167. The molecule has 3 aromatic carbocycles. The molecule has 3 N–H and O–H groups in total. The quantitative estimate of drug-likeness (QED) is 0.247. The van der Waals surface area contributed by atoms with E-state index in [1.807, 2.05) is 61.5 Å². The predicted molar refractivity (Wildman–Crippen MR) is 141 cm³/mol. The number of para-hydroxylation sites is 1. The van der Waals surface area contributed by atoms with Gasteiger partial charge in [-0.25, -0.2) is 0 Å². The number of rotatable bonds is 8. The molecule has 0 aliphatic rings. The van der Waals surface area contributed by atoms with Gasteiger partial charge in [0.05, 0.1) is 30.2 Å². The summed E-state index contributed by atoms with van der Waals surface area (Å²) in [6.45, 7) is 1.83. The lowest BCUT2D eigenvalue weighted by Crippen LogP contribution is -2.22. The third-order valence-electron chi connectivity index (χ3n) is 4.54. The van der Waals surface area contributed by atoms with E-state index >= 15 is 0 Å². The molecule has 3 aromatic rings. The van der Waals surface area contributed by atoms with Crippen LogP contribution in [-0.4, -0.2) is 30.5 Å². The minimum absolute atomic E-state index is 0.181. The number of methoxy groups -OCH3 is 2. The maximum Gasteiger partial charge on any atom is 0.237 e. The Kier molecular flexibility index (Phi) is 8.82. The Hall–Kier alpha value is -2.94. The maximum absolute atomic E-state index is 12.8. The zero-order valence-corrected chi connectivity index (χ0v) is 20.7. The van der Waals surface area contributed by atoms with Crippen LogP contribution >= 0.6 is 35.6 Å². The van der Waals surface area contributed by atoms with Crippen molar-refractivity contribution in [3.05, 3.63) is 71.8 Å². The lowest BCUT2D eigenvalue weighted by atomic mass is 10.2. The van der Waals surface area contributed by atoms with Crippen LogP contribution in [0, 0.1) is 0 Å². The van der Waals surface area contributed by atoms with Crippen LogP contribution in [0.1, 0.15) is 6.92 Å². The molecule has 0 heterocycles. The Balaban J connectivity index is 1.62. The van der Waals surface area contributed by atoms with Crippen LogP contribution in [0.2, 0.25) is 5.02 Å². The second-order valence-corrected chi connectivity index (χ2v) is 9.14. The third-order valence-corrected chi connectivity index (χ3v) is 6.13. The number of amides is 1. The molecular weight excluding hydrogens is 478 g/mol. The monoisotopic (exact) mass is 501 g/mol. The largest absolute Gasteiger partial charge is 0.495 e. The molecule has 1 unspecified atom stereocenters. The first kappa shape index (κ1) is 24.7. The molecule has 0 radical (unpaired) electrons. The molecule has 33 heavy (non-hydrogen) atoms. The highest BCUT2D eigenvalue weighted by molar-refractivity contribution is 8.00. The Morgan fingerprint density at radius 1 is 0.909 bits per heavy atom. The Bertz CT molecular complexity index is 1130. The van der Waals surface area contributed by atoms with Gasteiger partial charge in [-0.05, 0) is 55.5 Å². The molecular formula is C24H24ClN3O3S2. The van der Waals surface area contributed by atoms with Gasteiger partial charge in [0.15, 0.2) is 5.11 Å². The van der Waals surface area contributed by atoms with Gasteiger partial charge in [-0.15, -0.1) is 11.8 Å². The minimum Gasteiger partial charge on any atom is -0.495 e. The molecule has 0 spiro atoms. The highest BCUT2D eigenvalue weighted by Gasteiger charge is 2.18. The first-order chi connectivity index (χ1) is 15.9. The van der Waals surface area contributed by atoms with E-state index in [1.54, 1.807) is 12.1 Å². The molecule has 0 aliphatic carbocycles. The van der Waals surface area contributed by atoms with E-state index in [1.165, 1.54) is 26.0 Å². The molecule has 0 saturated carbocycles. The van der Waals surface area contributed by atoms with Crippen molar-refractivity contribution in [2.45, 2.75) is 17.1 Å². The van der Waals surface area contributed by atoms with E-state index in [2.05, 4.69) is 16.0 Å². The molecule has 1 atom stereocenters. The van der Waals surface area contributed by atoms with Gasteiger partial charge in [0.2, 0.25) is 5.91 Å². The number of hydrogen-bond acceptors (Lipinski definition) is 5. The topological polar surface area (TPSA) is 71.6 Å². The van der Waals surface area contributed by atoms with Gasteiger partial charge in [-0.3, -0.25) is 4.79 Å². The summed E-state index contributed by atoms with van der Waals surface area (Å²) in [5.41, 5.74) is 2.21. The van der Waals surface area contributed by atoms with Crippen LogP contribution < -0.4 is 25.4 Å². The summed E-state index contributed by atoms with van der Waals surface area (Å²) in [5.74, 6) is 0.754. The number of carbonyl (C=O) groups is 1. The average Bonchev–Trinajstić information content (AvgIpc) is 2.80.